The zero-order valence-corrected chi connectivity index (χ0v) is 21.7. The molecule has 0 aromatic rings. The lowest BCUT2D eigenvalue weighted by molar-refractivity contribution is -0.150. The molecular weight excluding hydrogens is 472 g/mol. The van der Waals surface area contributed by atoms with Crippen molar-refractivity contribution in [3.63, 3.8) is 0 Å². The third-order valence-corrected chi connectivity index (χ3v) is 5.12. The summed E-state index contributed by atoms with van der Waals surface area (Å²) >= 11 is 0. The molecule has 11 heteroatoms. The zero-order valence-electron chi connectivity index (χ0n) is 21.7. The maximum Gasteiger partial charge on any atom is 0.508 e. The topological polar surface area (TPSA) is 164 Å². The predicted molar refractivity (Wildman–Crippen MR) is 134 cm³/mol. The molecule has 1 aliphatic heterocycles. The second-order valence-electron chi connectivity index (χ2n) is 11.1. The van der Waals surface area contributed by atoms with Crippen molar-refractivity contribution in [3.8, 4) is 0 Å². The highest BCUT2D eigenvalue weighted by Gasteiger charge is 2.37. The number of nitrogens with one attached hydrogen (secondary N) is 2. The van der Waals surface area contributed by atoms with Gasteiger partial charge in [-0.3, -0.25) is 9.59 Å². The number of rotatable bonds is 9. The molecule has 0 bridgehead atoms. The molecular formula is C25H46N2O9. The standard InChI is InChI=1S/C24H42N2O9.CH4/c1-23(2,3)11-10-16(27)17(28)18(29)19(33-7)21(31)26-15-9-8-14(12-25-20(15)30)35-22(32)34-13-24(4,5)6;/h10-11,14-19,27-29H,8-9,12-13H2,1-7H3,(H,25,30)(H,26,31);1H4/b11-10+;. The van der Waals surface area contributed by atoms with Crippen LogP contribution in [0.2, 0.25) is 0 Å². The summed E-state index contributed by atoms with van der Waals surface area (Å²) in [6, 6.07) is -0.977. The Bertz CT molecular complexity index is 743. The van der Waals surface area contributed by atoms with E-state index in [2.05, 4.69) is 10.6 Å². The van der Waals surface area contributed by atoms with Gasteiger partial charge in [-0.15, -0.1) is 0 Å². The number of amides is 2. The van der Waals surface area contributed by atoms with Crippen LogP contribution < -0.4 is 10.6 Å². The van der Waals surface area contributed by atoms with E-state index < -0.39 is 54.5 Å². The maximum atomic E-state index is 12.7. The van der Waals surface area contributed by atoms with E-state index in [1.54, 1.807) is 6.08 Å². The van der Waals surface area contributed by atoms with Gasteiger partial charge in [0.25, 0.3) is 5.91 Å². The zero-order chi connectivity index (χ0) is 27.0. The second-order valence-corrected chi connectivity index (χ2v) is 11.1. The smallest absolute Gasteiger partial charge is 0.434 e. The van der Waals surface area contributed by atoms with Gasteiger partial charge in [0, 0.05) is 7.11 Å². The summed E-state index contributed by atoms with van der Waals surface area (Å²) in [6.45, 7) is 11.6. The number of carbonyl (C=O) groups is 3. The first-order valence-electron chi connectivity index (χ1n) is 11.7. The molecule has 1 heterocycles. The van der Waals surface area contributed by atoms with E-state index >= 15 is 0 Å². The van der Waals surface area contributed by atoms with Crippen molar-refractivity contribution in [2.45, 2.75) is 98.4 Å². The Morgan fingerprint density at radius 3 is 2.25 bits per heavy atom. The highest BCUT2D eigenvalue weighted by molar-refractivity contribution is 5.89. The molecule has 5 N–H and O–H groups in total. The van der Waals surface area contributed by atoms with E-state index in [1.165, 1.54) is 6.08 Å². The molecule has 1 aliphatic rings. The van der Waals surface area contributed by atoms with Crippen LogP contribution >= 0.6 is 0 Å². The SMILES string of the molecule is C.COC(C(=O)NC1CCC(OC(=O)OCC(C)(C)C)CNC1=O)C(O)C(O)C(O)/C=C/C(C)(C)C. The van der Waals surface area contributed by atoms with E-state index in [-0.39, 0.29) is 44.2 Å². The van der Waals surface area contributed by atoms with Gasteiger partial charge in [0.05, 0.1) is 13.2 Å². The molecule has 1 saturated heterocycles. The van der Waals surface area contributed by atoms with E-state index in [0.717, 1.165) is 7.11 Å². The summed E-state index contributed by atoms with van der Waals surface area (Å²) in [4.78, 5) is 37.1. The first-order valence-corrected chi connectivity index (χ1v) is 11.7. The molecule has 0 aromatic heterocycles. The largest absolute Gasteiger partial charge is 0.508 e. The minimum Gasteiger partial charge on any atom is -0.434 e. The number of methoxy groups -OCH3 is 1. The highest BCUT2D eigenvalue weighted by atomic mass is 16.7. The normalized spacial score (nSPS) is 22.3. The Balaban J connectivity index is 0.0000122. The minimum absolute atomic E-state index is 0. The van der Waals surface area contributed by atoms with Crippen LogP contribution in [0.4, 0.5) is 4.79 Å². The highest BCUT2D eigenvalue weighted by Crippen LogP contribution is 2.18. The maximum absolute atomic E-state index is 12.7. The van der Waals surface area contributed by atoms with Crippen LogP contribution in [0.5, 0.6) is 0 Å². The summed E-state index contributed by atoms with van der Waals surface area (Å²) in [5.41, 5.74) is -0.484. The lowest BCUT2D eigenvalue weighted by Crippen LogP contribution is -2.55. The monoisotopic (exact) mass is 518 g/mol. The number of ether oxygens (including phenoxy) is 3. The number of hydrogen-bond donors (Lipinski definition) is 5. The van der Waals surface area contributed by atoms with Crippen molar-refractivity contribution >= 4 is 18.0 Å². The van der Waals surface area contributed by atoms with Crippen LogP contribution in [-0.4, -0.2) is 90.1 Å². The van der Waals surface area contributed by atoms with Gasteiger partial charge in [-0.1, -0.05) is 61.1 Å². The van der Waals surface area contributed by atoms with Crippen molar-refractivity contribution < 1.29 is 43.9 Å². The molecule has 1 fully saturated rings. The molecule has 2 amide bonds. The Morgan fingerprint density at radius 1 is 1.11 bits per heavy atom. The first-order chi connectivity index (χ1) is 16.0. The van der Waals surface area contributed by atoms with Crippen molar-refractivity contribution in [2.24, 2.45) is 10.8 Å². The van der Waals surface area contributed by atoms with Crippen LogP contribution in [0.15, 0.2) is 12.2 Å². The Labute approximate surface area is 214 Å². The molecule has 6 unspecified atom stereocenters. The lowest BCUT2D eigenvalue weighted by atomic mass is 9.94. The van der Waals surface area contributed by atoms with Gasteiger partial charge in [-0.25, -0.2) is 4.79 Å². The number of hydrogen-bond acceptors (Lipinski definition) is 9. The third-order valence-electron chi connectivity index (χ3n) is 5.12. The van der Waals surface area contributed by atoms with Gasteiger partial charge < -0.3 is 40.2 Å². The van der Waals surface area contributed by atoms with Gasteiger partial charge in [0.15, 0.2) is 6.10 Å². The Kier molecular flexibility index (Phi) is 13.6. The predicted octanol–water partition coefficient (Wildman–Crippen LogP) is 1.29. The number of aliphatic hydroxyl groups is 3. The summed E-state index contributed by atoms with van der Waals surface area (Å²) in [7, 11) is 1.16. The number of allylic oxidation sites excluding steroid dienone is 1. The fourth-order valence-corrected chi connectivity index (χ4v) is 3.14. The molecule has 36 heavy (non-hydrogen) atoms. The first kappa shape index (κ1) is 33.8. The van der Waals surface area contributed by atoms with Crippen LogP contribution in [0.1, 0.15) is 61.8 Å². The van der Waals surface area contributed by atoms with Gasteiger partial charge in [-0.05, 0) is 23.7 Å². The minimum atomic E-state index is -1.76. The van der Waals surface area contributed by atoms with Gasteiger partial charge in [-0.2, -0.15) is 0 Å². The molecule has 11 nitrogen and oxygen atoms in total. The van der Waals surface area contributed by atoms with Crippen molar-refractivity contribution in [2.75, 3.05) is 20.3 Å². The average Bonchev–Trinajstić information content (AvgIpc) is 2.91. The van der Waals surface area contributed by atoms with Crippen LogP contribution in [0.25, 0.3) is 0 Å². The van der Waals surface area contributed by atoms with E-state index in [9.17, 15) is 29.7 Å². The second kappa shape index (κ2) is 14.5. The summed E-state index contributed by atoms with van der Waals surface area (Å²) in [5.74, 6) is -1.33. The lowest BCUT2D eigenvalue weighted by Gasteiger charge is -2.28. The summed E-state index contributed by atoms with van der Waals surface area (Å²) < 4.78 is 15.4. The number of aliphatic hydroxyl groups excluding tert-OH is 3. The quantitative estimate of drug-likeness (QED) is 0.223. The molecule has 0 saturated carbocycles. The van der Waals surface area contributed by atoms with Gasteiger partial charge in [0.1, 0.15) is 30.5 Å². The average molecular weight is 519 g/mol. The van der Waals surface area contributed by atoms with Crippen molar-refractivity contribution in [3.05, 3.63) is 12.2 Å². The Morgan fingerprint density at radius 2 is 1.72 bits per heavy atom. The number of carbonyl (C=O) groups excluding carboxylic acids is 3. The Hall–Kier alpha value is -2.21. The molecule has 210 valence electrons. The molecule has 0 aromatic carbocycles. The fourth-order valence-electron chi connectivity index (χ4n) is 3.14. The summed E-state index contributed by atoms with van der Waals surface area (Å²) in [6.07, 6.45) is -4.49. The van der Waals surface area contributed by atoms with Gasteiger partial charge in [0.2, 0.25) is 5.91 Å². The molecule has 0 spiro atoms. The molecule has 0 radical (unpaired) electrons. The fraction of sp³-hybridized carbons (Fsp3) is 0.800. The van der Waals surface area contributed by atoms with E-state index in [0.29, 0.717) is 0 Å². The van der Waals surface area contributed by atoms with Crippen molar-refractivity contribution in [1.29, 1.82) is 0 Å². The van der Waals surface area contributed by atoms with Crippen LogP contribution in [0, 0.1) is 10.8 Å². The van der Waals surface area contributed by atoms with Crippen molar-refractivity contribution in [1.82, 2.24) is 10.6 Å². The molecule has 1 rings (SSSR count). The van der Waals surface area contributed by atoms with E-state index in [4.69, 9.17) is 14.2 Å². The summed E-state index contributed by atoms with van der Waals surface area (Å²) in [5, 5.41) is 36.0. The van der Waals surface area contributed by atoms with E-state index in [1.807, 2.05) is 41.5 Å². The van der Waals surface area contributed by atoms with Crippen LogP contribution in [0.3, 0.4) is 0 Å². The molecule has 6 atom stereocenters. The third kappa shape index (κ3) is 12.2. The van der Waals surface area contributed by atoms with Gasteiger partial charge >= 0.3 is 6.16 Å². The molecule has 0 aliphatic carbocycles. The van der Waals surface area contributed by atoms with Crippen LogP contribution in [-0.2, 0) is 23.8 Å².